The normalized spacial score (nSPS) is 10.3. The number of pyridine rings is 1. The number of benzene rings is 1. The smallest absolute Gasteiger partial charge is 0.255 e. The summed E-state index contributed by atoms with van der Waals surface area (Å²) in [5.41, 5.74) is 1.61. The molecule has 0 bridgehead atoms. The van der Waals surface area contributed by atoms with E-state index >= 15 is 0 Å². The molecule has 4 nitrogen and oxygen atoms in total. The van der Waals surface area contributed by atoms with Gasteiger partial charge in [-0.2, -0.15) is 0 Å². The van der Waals surface area contributed by atoms with Crippen LogP contribution in [0, 0.1) is 0 Å². The third-order valence-electron chi connectivity index (χ3n) is 2.39. The Morgan fingerprint density at radius 2 is 1.89 bits per heavy atom. The molecular formula is C13H10Cl2N2O2. The first-order valence-electron chi connectivity index (χ1n) is 5.43. The van der Waals surface area contributed by atoms with E-state index in [9.17, 15) is 4.79 Å². The van der Waals surface area contributed by atoms with Gasteiger partial charge >= 0.3 is 0 Å². The van der Waals surface area contributed by atoms with Crippen molar-refractivity contribution in [2.75, 3.05) is 5.32 Å². The minimum Gasteiger partial charge on any atom is -0.392 e. The van der Waals surface area contributed by atoms with E-state index in [1.54, 1.807) is 24.3 Å². The highest BCUT2D eigenvalue weighted by Gasteiger charge is 2.09. The van der Waals surface area contributed by atoms with Gasteiger partial charge in [0.05, 0.1) is 6.61 Å². The zero-order valence-electron chi connectivity index (χ0n) is 9.73. The number of amides is 1. The number of halogens is 2. The number of aromatic nitrogens is 1. The second-order valence-corrected chi connectivity index (χ2v) is 4.59. The van der Waals surface area contributed by atoms with Gasteiger partial charge in [-0.3, -0.25) is 4.79 Å². The number of hydrogen-bond donors (Lipinski definition) is 2. The topological polar surface area (TPSA) is 62.2 Å². The van der Waals surface area contributed by atoms with Gasteiger partial charge in [-0.15, -0.1) is 0 Å². The van der Waals surface area contributed by atoms with E-state index in [0.29, 0.717) is 16.8 Å². The summed E-state index contributed by atoms with van der Waals surface area (Å²) in [6.07, 6.45) is 0. The summed E-state index contributed by atoms with van der Waals surface area (Å²) in [5, 5.41) is 12.0. The molecule has 1 aromatic carbocycles. The average Bonchev–Trinajstić information content (AvgIpc) is 2.37. The molecule has 2 aromatic rings. The Kier molecular flexibility index (Phi) is 4.37. The minimum atomic E-state index is -0.346. The molecule has 0 aliphatic rings. The second kappa shape index (κ2) is 6.02. The van der Waals surface area contributed by atoms with Gasteiger partial charge in [0.2, 0.25) is 0 Å². The Hall–Kier alpha value is -1.62. The van der Waals surface area contributed by atoms with Crippen LogP contribution in [0.4, 0.5) is 5.69 Å². The van der Waals surface area contributed by atoms with Crippen molar-refractivity contribution in [1.29, 1.82) is 0 Å². The summed E-state index contributed by atoms with van der Waals surface area (Å²) in [6, 6.07) is 9.77. The molecule has 0 aliphatic heterocycles. The number of nitrogens with zero attached hydrogens (tertiary/aromatic N) is 1. The number of anilines is 1. The van der Waals surface area contributed by atoms with Crippen molar-refractivity contribution in [3.8, 4) is 0 Å². The van der Waals surface area contributed by atoms with Gasteiger partial charge in [0.1, 0.15) is 10.3 Å². The van der Waals surface area contributed by atoms with Crippen molar-refractivity contribution in [1.82, 2.24) is 4.98 Å². The van der Waals surface area contributed by atoms with E-state index < -0.39 is 0 Å². The Labute approximate surface area is 120 Å². The van der Waals surface area contributed by atoms with Gasteiger partial charge < -0.3 is 10.4 Å². The van der Waals surface area contributed by atoms with Crippen molar-refractivity contribution in [3.63, 3.8) is 0 Å². The highest BCUT2D eigenvalue weighted by Crippen LogP contribution is 2.17. The van der Waals surface area contributed by atoms with Gasteiger partial charge in [0.15, 0.2) is 0 Å². The zero-order chi connectivity index (χ0) is 13.8. The van der Waals surface area contributed by atoms with Crippen LogP contribution in [-0.2, 0) is 6.61 Å². The molecule has 1 amide bonds. The Bertz CT molecular complexity index is 597. The number of hydrogen-bond acceptors (Lipinski definition) is 3. The highest BCUT2D eigenvalue weighted by atomic mass is 35.5. The SMILES string of the molecule is O=C(Nc1cccc(CO)c1)c1cc(Cl)nc(Cl)c1. The van der Waals surface area contributed by atoms with Crippen LogP contribution in [0.3, 0.4) is 0 Å². The number of aliphatic hydroxyl groups is 1. The van der Waals surface area contributed by atoms with E-state index in [1.165, 1.54) is 12.1 Å². The molecule has 1 heterocycles. The van der Waals surface area contributed by atoms with Crippen LogP contribution in [0.5, 0.6) is 0 Å². The van der Waals surface area contributed by atoms with Crippen molar-refractivity contribution in [2.24, 2.45) is 0 Å². The fourth-order valence-corrected chi connectivity index (χ4v) is 2.01. The molecular weight excluding hydrogens is 287 g/mol. The van der Waals surface area contributed by atoms with Gasteiger partial charge in [-0.25, -0.2) is 4.98 Å². The summed E-state index contributed by atoms with van der Waals surface area (Å²) >= 11 is 11.5. The van der Waals surface area contributed by atoms with Crippen molar-refractivity contribution >= 4 is 34.8 Å². The first-order chi connectivity index (χ1) is 9.08. The first-order valence-corrected chi connectivity index (χ1v) is 6.18. The molecule has 2 N–H and O–H groups in total. The third-order valence-corrected chi connectivity index (χ3v) is 2.78. The summed E-state index contributed by atoms with van der Waals surface area (Å²) in [4.78, 5) is 15.8. The quantitative estimate of drug-likeness (QED) is 0.856. The van der Waals surface area contributed by atoms with E-state index in [1.807, 2.05) is 0 Å². The Morgan fingerprint density at radius 3 is 2.53 bits per heavy atom. The lowest BCUT2D eigenvalue weighted by molar-refractivity contribution is 0.102. The maximum Gasteiger partial charge on any atom is 0.255 e. The van der Waals surface area contributed by atoms with Gasteiger partial charge in [0.25, 0.3) is 5.91 Å². The predicted molar refractivity (Wildman–Crippen MR) is 74.6 cm³/mol. The predicted octanol–water partition coefficient (Wildman–Crippen LogP) is 3.13. The van der Waals surface area contributed by atoms with Crippen molar-refractivity contribution in [3.05, 3.63) is 57.8 Å². The van der Waals surface area contributed by atoms with E-state index in [4.69, 9.17) is 28.3 Å². The summed E-state index contributed by atoms with van der Waals surface area (Å²) < 4.78 is 0. The summed E-state index contributed by atoms with van der Waals surface area (Å²) in [7, 11) is 0. The second-order valence-electron chi connectivity index (χ2n) is 3.81. The third kappa shape index (κ3) is 3.67. The van der Waals surface area contributed by atoms with Crippen LogP contribution in [0.2, 0.25) is 10.3 Å². The molecule has 0 unspecified atom stereocenters. The lowest BCUT2D eigenvalue weighted by Crippen LogP contribution is -2.12. The maximum atomic E-state index is 12.0. The maximum absolute atomic E-state index is 12.0. The van der Waals surface area contributed by atoms with E-state index in [-0.39, 0.29) is 22.8 Å². The number of carbonyl (C=O) groups is 1. The van der Waals surface area contributed by atoms with Crippen LogP contribution < -0.4 is 5.32 Å². The fourth-order valence-electron chi connectivity index (χ4n) is 1.55. The Morgan fingerprint density at radius 1 is 1.21 bits per heavy atom. The Balaban J connectivity index is 2.20. The van der Waals surface area contributed by atoms with Crippen LogP contribution in [0.1, 0.15) is 15.9 Å². The van der Waals surface area contributed by atoms with Gasteiger partial charge in [-0.1, -0.05) is 35.3 Å². The first kappa shape index (κ1) is 13.8. The van der Waals surface area contributed by atoms with Gasteiger partial charge in [0, 0.05) is 11.3 Å². The highest BCUT2D eigenvalue weighted by molar-refractivity contribution is 6.33. The number of rotatable bonds is 3. The van der Waals surface area contributed by atoms with Crippen LogP contribution in [0.15, 0.2) is 36.4 Å². The molecule has 0 fully saturated rings. The summed E-state index contributed by atoms with van der Waals surface area (Å²) in [6.45, 7) is -0.0867. The lowest BCUT2D eigenvalue weighted by Gasteiger charge is -2.07. The zero-order valence-corrected chi connectivity index (χ0v) is 11.2. The molecule has 0 atom stereocenters. The molecule has 0 saturated carbocycles. The van der Waals surface area contributed by atoms with Crippen molar-refractivity contribution < 1.29 is 9.90 Å². The fraction of sp³-hybridized carbons (Fsp3) is 0.0769. The number of nitrogens with one attached hydrogen (secondary N) is 1. The van der Waals surface area contributed by atoms with E-state index in [2.05, 4.69) is 10.3 Å². The number of aliphatic hydroxyl groups excluding tert-OH is 1. The van der Waals surface area contributed by atoms with Crippen LogP contribution in [-0.4, -0.2) is 16.0 Å². The molecule has 6 heteroatoms. The van der Waals surface area contributed by atoms with Crippen LogP contribution >= 0.6 is 23.2 Å². The molecule has 0 radical (unpaired) electrons. The van der Waals surface area contributed by atoms with Gasteiger partial charge in [-0.05, 0) is 29.8 Å². The molecule has 19 heavy (non-hydrogen) atoms. The molecule has 2 rings (SSSR count). The van der Waals surface area contributed by atoms with Crippen molar-refractivity contribution in [2.45, 2.75) is 6.61 Å². The average molecular weight is 297 g/mol. The number of carbonyl (C=O) groups excluding carboxylic acids is 1. The lowest BCUT2D eigenvalue weighted by atomic mass is 10.2. The minimum absolute atomic E-state index is 0.0867. The molecule has 98 valence electrons. The standard InChI is InChI=1S/C13H10Cl2N2O2/c14-11-5-9(6-12(15)17-11)13(19)16-10-3-1-2-8(4-10)7-18/h1-6,18H,7H2,(H,16,19). The van der Waals surface area contributed by atoms with Crippen LogP contribution in [0.25, 0.3) is 0 Å². The molecule has 0 aliphatic carbocycles. The summed E-state index contributed by atoms with van der Waals surface area (Å²) in [5.74, 6) is -0.346. The molecule has 0 saturated heterocycles. The largest absolute Gasteiger partial charge is 0.392 e. The monoisotopic (exact) mass is 296 g/mol. The molecule has 1 aromatic heterocycles. The van der Waals surface area contributed by atoms with E-state index in [0.717, 1.165) is 0 Å². The molecule has 0 spiro atoms.